The Kier molecular flexibility index (Phi) is 3.14. The average Bonchev–Trinajstić information content (AvgIpc) is 3.10. The number of nitrogens with one attached hydrogen (secondary N) is 1. The van der Waals surface area contributed by atoms with Gasteiger partial charge < -0.3 is 5.32 Å². The van der Waals surface area contributed by atoms with Gasteiger partial charge in [-0.1, -0.05) is 30.7 Å². The first-order valence-electron chi connectivity index (χ1n) is 8.55. The van der Waals surface area contributed by atoms with Gasteiger partial charge in [0.25, 0.3) is 0 Å². The fraction of sp³-hybridized carbons (Fsp3) is 0.684. The minimum absolute atomic E-state index is 0.500. The Morgan fingerprint density at radius 3 is 2.70 bits per heavy atom. The van der Waals surface area contributed by atoms with E-state index >= 15 is 0 Å². The van der Waals surface area contributed by atoms with Crippen LogP contribution in [0.15, 0.2) is 24.3 Å². The molecular formula is C19H27N. The minimum Gasteiger partial charge on any atom is -0.307 e. The van der Waals surface area contributed by atoms with E-state index in [-0.39, 0.29) is 0 Å². The average molecular weight is 269 g/mol. The normalized spacial score (nSPS) is 40.0. The van der Waals surface area contributed by atoms with Crippen molar-refractivity contribution in [1.29, 1.82) is 0 Å². The zero-order chi connectivity index (χ0) is 13.7. The fourth-order valence-electron chi connectivity index (χ4n) is 5.74. The van der Waals surface area contributed by atoms with Crippen LogP contribution in [-0.2, 0) is 0 Å². The Hall–Kier alpha value is -0.820. The van der Waals surface area contributed by atoms with Gasteiger partial charge in [-0.25, -0.2) is 0 Å². The first-order valence-corrected chi connectivity index (χ1v) is 8.55. The van der Waals surface area contributed by atoms with Crippen molar-refractivity contribution in [2.45, 2.75) is 58.0 Å². The van der Waals surface area contributed by atoms with E-state index in [0.29, 0.717) is 6.04 Å². The van der Waals surface area contributed by atoms with Crippen molar-refractivity contribution in [3.8, 4) is 0 Å². The van der Waals surface area contributed by atoms with Crippen LogP contribution in [0, 0.1) is 30.6 Å². The van der Waals surface area contributed by atoms with Crippen LogP contribution in [0.1, 0.15) is 56.2 Å². The first-order chi connectivity index (χ1) is 9.74. The third-order valence-electron chi connectivity index (χ3n) is 6.55. The lowest BCUT2D eigenvalue weighted by Crippen LogP contribution is -2.40. The van der Waals surface area contributed by atoms with Gasteiger partial charge >= 0.3 is 0 Å². The molecule has 3 saturated carbocycles. The van der Waals surface area contributed by atoms with E-state index in [1.807, 2.05) is 0 Å². The van der Waals surface area contributed by atoms with Crippen LogP contribution in [0.5, 0.6) is 0 Å². The Morgan fingerprint density at radius 2 is 1.85 bits per heavy atom. The molecule has 1 aromatic carbocycles. The maximum atomic E-state index is 3.98. The molecule has 1 nitrogen and oxygen atoms in total. The van der Waals surface area contributed by atoms with E-state index < -0.39 is 0 Å². The summed E-state index contributed by atoms with van der Waals surface area (Å²) in [4.78, 5) is 0. The Labute approximate surface area is 123 Å². The molecule has 3 aliphatic rings. The van der Waals surface area contributed by atoms with Crippen molar-refractivity contribution in [2.24, 2.45) is 23.7 Å². The van der Waals surface area contributed by atoms with Crippen LogP contribution in [0.3, 0.4) is 0 Å². The molecular weight excluding hydrogens is 242 g/mol. The van der Waals surface area contributed by atoms with Gasteiger partial charge in [-0.2, -0.15) is 0 Å². The molecule has 5 unspecified atom stereocenters. The minimum atomic E-state index is 0.500. The van der Waals surface area contributed by atoms with Gasteiger partial charge in [-0.15, -0.1) is 0 Å². The summed E-state index contributed by atoms with van der Waals surface area (Å²) >= 11 is 0. The number of aryl methyl sites for hydroxylation is 1. The van der Waals surface area contributed by atoms with Crippen molar-refractivity contribution >= 4 is 0 Å². The summed E-state index contributed by atoms with van der Waals surface area (Å²) in [6, 6.07) is 10.1. The maximum Gasteiger partial charge on any atom is 0.0297 e. The Balaban J connectivity index is 1.47. The van der Waals surface area contributed by atoms with Crippen LogP contribution < -0.4 is 5.32 Å². The monoisotopic (exact) mass is 269 g/mol. The molecule has 108 valence electrons. The molecule has 3 fully saturated rings. The van der Waals surface area contributed by atoms with Crippen LogP contribution in [-0.4, -0.2) is 6.04 Å². The molecule has 2 bridgehead atoms. The van der Waals surface area contributed by atoms with Crippen molar-refractivity contribution in [3.63, 3.8) is 0 Å². The highest BCUT2D eigenvalue weighted by Crippen LogP contribution is 2.58. The lowest BCUT2D eigenvalue weighted by molar-refractivity contribution is 0.200. The number of hydrogen-bond acceptors (Lipinski definition) is 1. The van der Waals surface area contributed by atoms with E-state index in [4.69, 9.17) is 0 Å². The topological polar surface area (TPSA) is 12.0 Å². The summed E-state index contributed by atoms with van der Waals surface area (Å²) in [5.41, 5.74) is 2.91. The predicted octanol–water partition coefficient (Wildman–Crippen LogP) is 4.47. The summed E-state index contributed by atoms with van der Waals surface area (Å²) in [7, 11) is 0. The highest BCUT2D eigenvalue weighted by atomic mass is 15.0. The van der Waals surface area contributed by atoms with Crippen LogP contribution in [0.2, 0.25) is 0 Å². The highest BCUT2D eigenvalue weighted by molar-refractivity contribution is 5.28. The largest absolute Gasteiger partial charge is 0.307 e. The SMILES string of the molecule is Cc1ccccc1[C@@H](C)NC1CC2CC1C1CCCC21. The molecule has 1 heteroatoms. The molecule has 3 aliphatic carbocycles. The van der Waals surface area contributed by atoms with Crippen molar-refractivity contribution < 1.29 is 0 Å². The van der Waals surface area contributed by atoms with Gasteiger partial charge in [0.15, 0.2) is 0 Å². The zero-order valence-electron chi connectivity index (χ0n) is 12.8. The van der Waals surface area contributed by atoms with Crippen LogP contribution >= 0.6 is 0 Å². The van der Waals surface area contributed by atoms with E-state index in [9.17, 15) is 0 Å². The quantitative estimate of drug-likeness (QED) is 0.853. The summed E-state index contributed by atoms with van der Waals surface area (Å²) in [6.45, 7) is 4.59. The second-order valence-corrected chi connectivity index (χ2v) is 7.51. The predicted molar refractivity (Wildman–Crippen MR) is 83.6 cm³/mol. The molecule has 0 amide bonds. The summed E-state index contributed by atoms with van der Waals surface area (Å²) in [5, 5.41) is 3.98. The lowest BCUT2D eigenvalue weighted by atomic mass is 9.79. The smallest absolute Gasteiger partial charge is 0.0297 e. The Bertz CT molecular complexity index is 494. The molecule has 1 aromatic rings. The third-order valence-corrected chi connectivity index (χ3v) is 6.55. The van der Waals surface area contributed by atoms with E-state index in [1.54, 1.807) is 0 Å². The summed E-state index contributed by atoms with van der Waals surface area (Å²) < 4.78 is 0. The molecule has 4 rings (SSSR count). The van der Waals surface area contributed by atoms with Crippen molar-refractivity contribution in [1.82, 2.24) is 5.32 Å². The Morgan fingerprint density at radius 1 is 1.05 bits per heavy atom. The molecule has 0 aliphatic heterocycles. The van der Waals surface area contributed by atoms with E-state index in [2.05, 4.69) is 43.4 Å². The standard InChI is InChI=1S/C19H27N/c1-12-6-3-4-7-15(12)13(2)20-19-11-14-10-18(19)17-9-5-8-16(14)17/h3-4,6-7,13-14,16-20H,5,8-11H2,1-2H3/t13-,14?,16?,17?,18?,19?/m1/s1. The van der Waals surface area contributed by atoms with Crippen molar-refractivity contribution in [3.05, 3.63) is 35.4 Å². The van der Waals surface area contributed by atoms with Gasteiger partial charge in [0, 0.05) is 12.1 Å². The number of rotatable bonds is 3. The van der Waals surface area contributed by atoms with Gasteiger partial charge in [-0.05, 0) is 74.3 Å². The summed E-state index contributed by atoms with van der Waals surface area (Å²) in [6.07, 6.45) is 7.52. The second kappa shape index (κ2) is 4.87. The molecule has 0 radical (unpaired) electrons. The van der Waals surface area contributed by atoms with E-state index in [1.165, 1.54) is 43.2 Å². The summed E-state index contributed by atoms with van der Waals surface area (Å²) in [5.74, 6) is 4.20. The fourth-order valence-corrected chi connectivity index (χ4v) is 5.74. The second-order valence-electron chi connectivity index (χ2n) is 7.51. The number of benzene rings is 1. The van der Waals surface area contributed by atoms with Gasteiger partial charge in [0.05, 0.1) is 0 Å². The van der Waals surface area contributed by atoms with Crippen LogP contribution in [0.4, 0.5) is 0 Å². The molecule has 20 heavy (non-hydrogen) atoms. The maximum absolute atomic E-state index is 3.98. The van der Waals surface area contributed by atoms with Gasteiger partial charge in [0.1, 0.15) is 0 Å². The third kappa shape index (κ3) is 1.94. The molecule has 0 aromatic heterocycles. The lowest BCUT2D eigenvalue weighted by Gasteiger charge is -2.34. The van der Waals surface area contributed by atoms with E-state index in [0.717, 1.165) is 29.7 Å². The molecule has 6 atom stereocenters. The molecule has 0 saturated heterocycles. The number of hydrogen-bond donors (Lipinski definition) is 1. The van der Waals surface area contributed by atoms with Crippen molar-refractivity contribution in [2.75, 3.05) is 0 Å². The molecule has 0 heterocycles. The number of fused-ring (bicyclic) bond motifs is 5. The zero-order valence-corrected chi connectivity index (χ0v) is 12.8. The first kappa shape index (κ1) is 12.9. The van der Waals surface area contributed by atoms with Crippen LogP contribution in [0.25, 0.3) is 0 Å². The van der Waals surface area contributed by atoms with Gasteiger partial charge in [0.2, 0.25) is 0 Å². The highest BCUT2D eigenvalue weighted by Gasteiger charge is 2.53. The molecule has 1 N–H and O–H groups in total. The van der Waals surface area contributed by atoms with Gasteiger partial charge in [-0.3, -0.25) is 0 Å². The molecule has 0 spiro atoms.